The first kappa shape index (κ1) is 8.90. The molecular weight excluding hydrogens is 202 g/mol. The molecule has 70 valence electrons. The molecule has 0 bridgehead atoms. The Morgan fingerprint density at radius 2 is 2.07 bits per heavy atom. The summed E-state index contributed by atoms with van der Waals surface area (Å²) in [5.74, 6) is 0. The van der Waals surface area contributed by atoms with Crippen molar-refractivity contribution in [3.63, 3.8) is 0 Å². The van der Waals surface area contributed by atoms with Crippen LogP contribution in [-0.4, -0.2) is 15.2 Å². The van der Waals surface area contributed by atoms with Crippen molar-refractivity contribution < 1.29 is 0 Å². The van der Waals surface area contributed by atoms with E-state index in [1.54, 1.807) is 24.4 Å². The Hall–Kier alpha value is -1.68. The maximum absolute atomic E-state index is 11.0. The maximum Gasteiger partial charge on any atom is 0.248 e. The summed E-state index contributed by atoms with van der Waals surface area (Å²) in [6, 6.07) is 6.55. The molecule has 14 heavy (non-hydrogen) atoms. The third-order valence-corrected chi connectivity index (χ3v) is 1.90. The number of nitrogens with one attached hydrogen (secondary N) is 1. The predicted octanol–water partition coefficient (Wildman–Crippen LogP) is 1.49. The largest absolute Gasteiger partial charge is 0.329 e. The van der Waals surface area contributed by atoms with Crippen LogP contribution in [0.3, 0.4) is 0 Å². The molecule has 1 N–H and O–H groups in total. The first-order valence-electron chi connectivity index (χ1n) is 3.94. The van der Waals surface area contributed by atoms with E-state index in [9.17, 15) is 4.79 Å². The topological polar surface area (TPSA) is 58.6 Å². The molecule has 2 aromatic heterocycles. The molecule has 0 amide bonds. The lowest BCUT2D eigenvalue weighted by Crippen LogP contribution is -2.02. The number of hydrogen-bond acceptors (Lipinski definition) is 3. The van der Waals surface area contributed by atoms with Gasteiger partial charge in [-0.15, -0.1) is 10.2 Å². The third-order valence-electron chi connectivity index (χ3n) is 1.70. The van der Waals surface area contributed by atoms with Crippen LogP contribution in [0.15, 0.2) is 35.3 Å². The predicted molar refractivity (Wildman–Crippen MR) is 53.1 cm³/mol. The van der Waals surface area contributed by atoms with E-state index in [2.05, 4.69) is 15.2 Å². The van der Waals surface area contributed by atoms with Crippen molar-refractivity contribution in [1.29, 1.82) is 0 Å². The molecule has 0 saturated carbocycles. The summed E-state index contributed by atoms with van der Waals surface area (Å²) in [7, 11) is 0. The average molecular weight is 208 g/mol. The van der Waals surface area contributed by atoms with Gasteiger partial charge in [-0.2, -0.15) is 0 Å². The summed E-state index contributed by atoms with van der Waals surface area (Å²) in [4.78, 5) is 13.5. The molecule has 0 aliphatic heterocycles. The van der Waals surface area contributed by atoms with E-state index in [1.807, 2.05) is 0 Å². The van der Waals surface area contributed by atoms with Crippen molar-refractivity contribution in [2.45, 2.75) is 0 Å². The zero-order valence-electron chi connectivity index (χ0n) is 7.07. The highest BCUT2D eigenvalue weighted by Gasteiger charge is 1.99. The van der Waals surface area contributed by atoms with Crippen LogP contribution in [0, 0.1) is 0 Å². The van der Waals surface area contributed by atoms with Gasteiger partial charge in [-0.1, -0.05) is 11.6 Å². The monoisotopic (exact) mass is 207 g/mol. The number of rotatable bonds is 1. The van der Waals surface area contributed by atoms with Gasteiger partial charge in [0.1, 0.15) is 0 Å². The molecule has 0 aromatic carbocycles. The lowest BCUT2D eigenvalue weighted by atomic mass is 10.2. The van der Waals surface area contributed by atoms with Gasteiger partial charge in [0, 0.05) is 17.8 Å². The van der Waals surface area contributed by atoms with Gasteiger partial charge in [-0.05, 0) is 18.2 Å². The maximum atomic E-state index is 11.0. The fourth-order valence-corrected chi connectivity index (χ4v) is 1.17. The number of hydrogen-bond donors (Lipinski definition) is 1. The Balaban J connectivity index is 2.50. The van der Waals surface area contributed by atoms with E-state index in [-0.39, 0.29) is 5.56 Å². The van der Waals surface area contributed by atoms with Crippen molar-refractivity contribution in [3.05, 3.63) is 46.0 Å². The highest BCUT2D eigenvalue weighted by atomic mass is 35.5. The molecule has 0 atom stereocenters. The van der Waals surface area contributed by atoms with Crippen molar-refractivity contribution in [1.82, 2.24) is 15.2 Å². The lowest BCUT2D eigenvalue weighted by Gasteiger charge is -1.97. The molecule has 2 heterocycles. The van der Waals surface area contributed by atoms with Gasteiger partial charge in [-0.3, -0.25) is 4.79 Å². The van der Waals surface area contributed by atoms with Crippen LogP contribution >= 0.6 is 11.6 Å². The van der Waals surface area contributed by atoms with Crippen molar-refractivity contribution in [2.75, 3.05) is 0 Å². The van der Waals surface area contributed by atoms with Crippen LogP contribution in [0.4, 0.5) is 0 Å². The van der Waals surface area contributed by atoms with Crippen LogP contribution < -0.4 is 5.56 Å². The Morgan fingerprint density at radius 3 is 2.71 bits per heavy atom. The van der Waals surface area contributed by atoms with E-state index >= 15 is 0 Å². The van der Waals surface area contributed by atoms with Gasteiger partial charge >= 0.3 is 0 Å². The summed E-state index contributed by atoms with van der Waals surface area (Å²) in [6.45, 7) is 0. The Kier molecular flexibility index (Phi) is 2.28. The molecule has 5 heteroatoms. The van der Waals surface area contributed by atoms with Gasteiger partial charge in [0.05, 0.1) is 5.69 Å². The van der Waals surface area contributed by atoms with Crippen LogP contribution in [0.25, 0.3) is 11.3 Å². The Bertz CT molecular complexity index is 492. The molecule has 2 aromatic rings. The second-order valence-electron chi connectivity index (χ2n) is 2.68. The van der Waals surface area contributed by atoms with Crippen molar-refractivity contribution in [2.24, 2.45) is 0 Å². The Labute approximate surface area is 84.6 Å². The number of H-pyrrole nitrogens is 1. The fourth-order valence-electron chi connectivity index (χ4n) is 1.07. The molecule has 4 nitrogen and oxygen atoms in total. The smallest absolute Gasteiger partial charge is 0.248 e. The minimum absolute atomic E-state index is 0.167. The fraction of sp³-hybridized carbons (Fsp3) is 0. The second-order valence-corrected chi connectivity index (χ2v) is 3.07. The quantitative estimate of drug-likeness (QED) is 0.771. The van der Waals surface area contributed by atoms with E-state index in [1.165, 1.54) is 6.07 Å². The summed E-state index contributed by atoms with van der Waals surface area (Å²) in [6.07, 6.45) is 1.56. The minimum Gasteiger partial charge on any atom is -0.329 e. The molecular formula is C9H6ClN3O. The van der Waals surface area contributed by atoms with Crippen molar-refractivity contribution >= 4 is 11.6 Å². The number of halogens is 1. The molecule has 0 aliphatic rings. The zero-order valence-corrected chi connectivity index (χ0v) is 7.82. The summed E-state index contributed by atoms with van der Waals surface area (Å²) >= 11 is 5.59. The normalized spacial score (nSPS) is 10.1. The lowest BCUT2D eigenvalue weighted by molar-refractivity contribution is 1.04. The highest BCUT2D eigenvalue weighted by molar-refractivity contribution is 6.29. The molecule has 2 rings (SSSR count). The molecule has 0 fully saturated rings. The first-order chi connectivity index (χ1) is 6.75. The molecule has 0 spiro atoms. The Morgan fingerprint density at radius 1 is 1.21 bits per heavy atom. The zero-order chi connectivity index (χ0) is 9.97. The molecule has 0 saturated heterocycles. The minimum atomic E-state index is -0.167. The number of pyridine rings is 1. The second kappa shape index (κ2) is 3.59. The van der Waals surface area contributed by atoms with Gasteiger partial charge in [0.2, 0.25) is 5.56 Å². The van der Waals surface area contributed by atoms with Crippen LogP contribution in [0.2, 0.25) is 5.15 Å². The van der Waals surface area contributed by atoms with Gasteiger partial charge in [0.15, 0.2) is 5.15 Å². The third kappa shape index (κ3) is 1.80. The summed E-state index contributed by atoms with van der Waals surface area (Å²) < 4.78 is 0. The standard InChI is InChI=1S/C9H6ClN3O/c10-8-2-1-7(12-13-8)6-3-4-11-9(14)5-6/h1-5H,(H,11,14). The highest BCUT2D eigenvalue weighted by Crippen LogP contribution is 2.14. The van der Waals surface area contributed by atoms with Crippen LogP contribution in [-0.2, 0) is 0 Å². The van der Waals surface area contributed by atoms with E-state index in [0.29, 0.717) is 10.8 Å². The SMILES string of the molecule is O=c1cc(-c2ccc(Cl)nn2)cc[nH]1. The summed E-state index contributed by atoms with van der Waals surface area (Å²) in [5.41, 5.74) is 1.18. The average Bonchev–Trinajstić information content (AvgIpc) is 2.19. The van der Waals surface area contributed by atoms with E-state index in [0.717, 1.165) is 5.56 Å². The van der Waals surface area contributed by atoms with E-state index < -0.39 is 0 Å². The van der Waals surface area contributed by atoms with Crippen molar-refractivity contribution in [3.8, 4) is 11.3 Å². The first-order valence-corrected chi connectivity index (χ1v) is 4.32. The van der Waals surface area contributed by atoms with Gasteiger partial charge in [-0.25, -0.2) is 0 Å². The number of aromatic amines is 1. The molecule has 0 unspecified atom stereocenters. The van der Waals surface area contributed by atoms with E-state index in [4.69, 9.17) is 11.6 Å². The number of nitrogens with zero attached hydrogens (tertiary/aromatic N) is 2. The molecule has 0 aliphatic carbocycles. The van der Waals surface area contributed by atoms with Gasteiger partial charge < -0.3 is 4.98 Å². The van der Waals surface area contributed by atoms with Gasteiger partial charge in [0.25, 0.3) is 0 Å². The number of aromatic nitrogens is 3. The van der Waals surface area contributed by atoms with Crippen LogP contribution in [0.5, 0.6) is 0 Å². The summed E-state index contributed by atoms with van der Waals surface area (Å²) in [5, 5.41) is 7.88. The van der Waals surface area contributed by atoms with Crippen LogP contribution in [0.1, 0.15) is 0 Å². The molecule has 0 radical (unpaired) electrons.